The van der Waals surface area contributed by atoms with Crippen molar-refractivity contribution in [2.24, 2.45) is 10.2 Å². The molecule has 0 saturated carbocycles. The van der Waals surface area contributed by atoms with Gasteiger partial charge in [-0.05, 0) is 53.9 Å². The standard InChI is InChI=1S/C21H18N4O4S/c1-24(2)16-6-4-15(5-7-16)22-23-18-12-14-11-13(3-8-17(14)30-18)21(28)29-25-19(26)9-10-20(25)27/h3-8,11-12H,9-10H2,1-2H3. The Bertz CT molecular complexity index is 1150. The van der Waals surface area contributed by atoms with Gasteiger partial charge in [0.2, 0.25) is 0 Å². The predicted octanol–water partition coefficient (Wildman–Crippen LogP) is 4.60. The van der Waals surface area contributed by atoms with Gasteiger partial charge >= 0.3 is 5.97 Å². The zero-order valence-corrected chi connectivity index (χ0v) is 17.2. The average Bonchev–Trinajstić information content (AvgIpc) is 3.29. The maximum absolute atomic E-state index is 12.3. The molecule has 0 spiro atoms. The van der Waals surface area contributed by atoms with Crippen molar-refractivity contribution in [2.45, 2.75) is 12.8 Å². The van der Waals surface area contributed by atoms with E-state index in [1.807, 2.05) is 49.3 Å². The van der Waals surface area contributed by atoms with E-state index in [-0.39, 0.29) is 18.4 Å². The van der Waals surface area contributed by atoms with Crippen LogP contribution in [0.3, 0.4) is 0 Å². The van der Waals surface area contributed by atoms with Gasteiger partial charge in [0.05, 0.1) is 11.3 Å². The number of carbonyl (C=O) groups excluding carboxylic acids is 3. The maximum Gasteiger partial charge on any atom is 0.363 e. The Balaban J connectivity index is 1.50. The lowest BCUT2D eigenvalue weighted by molar-refractivity contribution is -0.172. The highest BCUT2D eigenvalue weighted by atomic mass is 32.1. The van der Waals surface area contributed by atoms with Crippen molar-refractivity contribution in [3.63, 3.8) is 0 Å². The summed E-state index contributed by atoms with van der Waals surface area (Å²) in [6.07, 6.45) is 0.115. The summed E-state index contributed by atoms with van der Waals surface area (Å²) in [5.41, 5.74) is 2.06. The van der Waals surface area contributed by atoms with Gasteiger partial charge in [-0.3, -0.25) is 9.59 Å². The molecule has 2 amide bonds. The number of benzene rings is 2. The molecular weight excluding hydrogens is 404 g/mol. The molecule has 1 aliphatic rings. The van der Waals surface area contributed by atoms with E-state index in [0.717, 1.165) is 21.5 Å². The summed E-state index contributed by atoms with van der Waals surface area (Å²) in [7, 11) is 3.94. The lowest BCUT2D eigenvalue weighted by atomic mass is 10.2. The van der Waals surface area contributed by atoms with Crippen molar-refractivity contribution in [1.82, 2.24) is 5.06 Å². The Morgan fingerprint density at radius 2 is 1.70 bits per heavy atom. The van der Waals surface area contributed by atoms with Crippen LogP contribution in [-0.4, -0.2) is 36.9 Å². The van der Waals surface area contributed by atoms with Gasteiger partial charge in [-0.15, -0.1) is 26.6 Å². The van der Waals surface area contributed by atoms with Crippen molar-refractivity contribution in [2.75, 3.05) is 19.0 Å². The number of fused-ring (bicyclic) bond motifs is 1. The van der Waals surface area contributed by atoms with Crippen molar-refractivity contribution in [3.05, 3.63) is 54.1 Å². The summed E-state index contributed by atoms with van der Waals surface area (Å²) >= 11 is 1.44. The third-order valence-electron chi connectivity index (χ3n) is 4.55. The molecule has 0 radical (unpaired) electrons. The lowest BCUT2D eigenvalue weighted by Crippen LogP contribution is -2.32. The highest BCUT2D eigenvalue weighted by Gasteiger charge is 2.33. The molecule has 1 aliphatic heterocycles. The second-order valence-corrected chi connectivity index (χ2v) is 7.97. The largest absolute Gasteiger partial charge is 0.378 e. The van der Waals surface area contributed by atoms with Crippen LogP contribution < -0.4 is 4.90 Å². The van der Waals surface area contributed by atoms with Crippen LogP contribution in [-0.2, 0) is 14.4 Å². The molecule has 1 aromatic heterocycles. The molecule has 4 rings (SSSR count). The van der Waals surface area contributed by atoms with Gasteiger partial charge in [0, 0.05) is 37.3 Å². The number of hydrogen-bond acceptors (Lipinski definition) is 8. The van der Waals surface area contributed by atoms with Gasteiger partial charge < -0.3 is 9.74 Å². The number of thiophene rings is 1. The van der Waals surface area contributed by atoms with Crippen molar-refractivity contribution >= 4 is 55.6 Å². The molecule has 0 N–H and O–H groups in total. The van der Waals surface area contributed by atoms with Crippen LogP contribution in [0, 0.1) is 0 Å². The van der Waals surface area contributed by atoms with Crippen LogP contribution in [0.4, 0.5) is 16.4 Å². The molecule has 8 nitrogen and oxygen atoms in total. The van der Waals surface area contributed by atoms with Gasteiger partial charge in [-0.2, -0.15) is 0 Å². The molecular formula is C21H18N4O4S. The highest BCUT2D eigenvalue weighted by Crippen LogP contribution is 2.34. The summed E-state index contributed by atoms with van der Waals surface area (Å²) < 4.78 is 0.928. The van der Waals surface area contributed by atoms with E-state index in [1.165, 1.54) is 11.3 Å². The monoisotopic (exact) mass is 422 g/mol. The molecule has 0 unspecified atom stereocenters. The van der Waals surface area contributed by atoms with Crippen LogP contribution in [0.2, 0.25) is 0 Å². The molecule has 0 bridgehead atoms. The van der Waals surface area contributed by atoms with Gasteiger partial charge in [-0.1, -0.05) is 0 Å². The Kier molecular flexibility index (Phi) is 5.28. The maximum atomic E-state index is 12.3. The van der Waals surface area contributed by atoms with E-state index in [1.54, 1.807) is 18.2 Å². The van der Waals surface area contributed by atoms with Crippen molar-refractivity contribution < 1.29 is 19.2 Å². The zero-order chi connectivity index (χ0) is 21.3. The van der Waals surface area contributed by atoms with Crippen LogP contribution in [0.5, 0.6) is 0 Å². The first kappa shape index (κ1) is 19.7. The minimum Gasteiger partial charge on any atom is -0.378 e. The molecule has 0 aliphatic carbocycles. The van der Waals surface area contributed by atoms with Crippen LogP contribution in [0.25, 0.3) is 10.1 Å². The quantitative estimate of drug-likeness (QED) is 0.442. The molecule has 0 atom stereocenters. The number of hydroxylamine groups is 2. The van der Waals surface area contributed by atoms with Gasteiger partial charge in [0.1, 0.15) is 5.00 Å². The van der Waals surface area contributed by atoms with Crippen molar-refractivity contribution in [3.8, 4) is 0 Å². The fraction of sp³-hybridized carbons (Fsp3) is 0.190. The minimum absolute atomic E-state index is 0.0575. The number of hydrogen-bond donors (Lipinski definition) is 0. The van der Waals surface area contributed by atoms with Crippen LogP contribution >= 0.6 is 11.3 Å². The third kappa shape index (κ3) is 4.06. The molecule has 1 fully saturated rings. The molecule has 1 saturated heterocycles. The van der Waals surface area contributed by atoms with Gasteiger partial charge in [0.25, 0.3) is 11.8 Å². The number of imide groups is 1. The van der Waals surface area contributed by atoms with Crippen LogP contribution in [0.15, 0.2) is 58.8 Å². The molecule has 30 heavy (non-hydrogen) atoms. The average molecular weight is 422 g/mol. The van der Waals surface area contributed by atoms with Gasteiger partial charge in [-0.25, -0.2) is 4.79 Å². The minimum atomic E-state index is -0.754. The van der Waals surface area contributed by atoms with Gasteiger partial charge in [0.15, 0.2) is 0 Å². The number of nitrogens with zero attached hydrogens (tertiary/aromatic N) is 4. The Morgan fingerprint density at radius 1 is 1.00 bits per heavy atom. The van der Waals surface area contributed by atoms with E-state index >= 15 is 0 Å². The molecule has 2 aromatic carbocycles. The first-order valence-electron chi connectivity index (χ1n) is 9.21. The van der Waals surface area contributed by atoms with E-state index in [0.29, 0.717) is 10.1 Å². The fourth-order valence-corrected chi connectivity index (χ4v) is 3.79. The lowest BCUT2D eigenvalue weighted by Gasteiger charge is -2.12. The summed E-state index contributed by atoms with van der Waals surface area (Å²) in [6.45, 7) is 0. The third-order valence-corrected chi connectivity index (χ3v) is 5.55. The molecule has 9 heteroatoms. The summed E-state index contributed by atoms with van der Waals surface area (Å²) in [4.78, 5) is 42.5. The molecule has 152 valence electrons. The second kappa shape index (κ2) is 8.03. The zero-order valence-electron chi connectivity index (χ0n) is 16.4. The number of azo groups is 1. The SMILES string of the molecule is CN(C)c1ccc(N=Nc2cc3cc(C(=O)ON4C(=O)CCC4=O)ccc3s2)cc1. The Morgan fingerprint density at radius 3 is 2.37 bits per heavy atom. The van der Waals surface area contributed by atoms with Crippen molar-refractivity contribution in [1.29, 1.82) is 0 Å². The Labute approximate surface area is 176 Å². The first-order valence-corrected chi connectivity index (χ1v) is 10.0. The van der Waals surface area contributed by atoms with E-state index < -0.39 is 17.8 Å². The predicted molar refractivity (Wildman–Crippen MR) is 113 cm³/mol. The smallest absolute Gasteiger partial charge is 0.363 e. The summed E-state index contributed by atoms with van der Waals surface area (Å²) in [6, 6.07) is 14.5. The number of carbonyl (C=O) groups is 3. The fourth-order valence-electron chi connectivity index (χ4n) is 2.92. The molecule has 3 aromatic rings. The highest BCUT2D eigenvalue weighted by molar-refractivity contribution is 7.22. The van der Waals surface area contributed by atoms with E-state index in [9.17, 15) is 14.4 Å². The van der Waals surface area contributed by atoms with E-state index in [2.05, 4.69) is 10.2 Å². The summed E-state index contributed by atoms with van der Waals surface area (Å²) in [5, 5.41) is 10.6. The van der Waals surface area contributed by atoms with E-state index in [4.69, 9.17) is 4.84 Å². The van der Waals surface area contributed by atoms with Crippen LogP contribution in [0.1, 0.15) is 23.2 Å². The second-order valence-electron chi connectivity index (χ2n) is 6.91. The normalized spacial score (nSPS) is 14.1. The molecule has 2 heterocycles. The summed E-state index contributed by atoms with van der Waals surface area (Å²) in [5.74, 6) is -1.77. The number of anilines is 1. The topological polar surface area (TPSA) is 91.6 Å². The Hall–Kier alpha value is -3.59. The first-order chi connectivity index (χ1) is 14.4. The number of amides is 2. The number of rotatable bonds is 5.